The summed E-state index contributed by atoms with van der Waals surface area (Å²) in [6.45, 7) is 3.04. The van der Waals surface area contributed by atoms with Crippen LogP contribution in [0.3, 0.4) is 0 Å². The van der Waals surface area contributed by atoms with Gasteiger partial charge in [-0.25, -0.2) is 0 Å². The summed E-state index contributed by atoms with van der Waals surface area (Å²) in [5.41, 5.74) is 8.21. The van der Waals surface area contributed by atoms with Gasteiger partial charge in [-0.3, -0.25) is 0 Å². The quantitative estimate of drug-likeness (QED) is 0.854. The highest BCUT2D eigenvalue weighted by Gasteiger charge is 2.53. The summed E-state index contributed by atoms with van der Waals surface area (Å²) in [6, 6.07) is 8.75. The maximum Gasteiger partial charge on any atom is 0.0340 e. The molecule has 0 unspecified atom stereocenters. The predicted octanol–water partition coefficient (Wildman–Crippen LogP) is 4.92. The number of thioether (sulfide) groups is 1. The molecule has 2 N–H and O–H groups in total. The molecular formula is C18H27NS. The van der Waals surface area contributed by atoms with Crippen molar-refractivity contribution in [3.63, 3.8) is 0 Å². The predicted molar refractivity (Wildman–Crippen MR) is 88.2 cm³/mol. The summed E-state index contributed by atoms with van der Waals surface area (Å²) in [4.78, 5) is 1.43. The molecule has 2 aliphatic carbocycles. The van der Waals surface area contributed by atoms with Crippen molar-refractivity contribution in [3.8, 4) is 0 Å². The van der Waals surface area contributed by atoms with Crippen LogP contribution < -0.4 is 5.73 Å². The molecule has 2 aliphatic rings. The monoisotopic (exact) mass is 289 g/mol. The number of benzene rings is 1. The van der Waals surface area contributed by atoms with Crippen molar-refractivity contribution in [3.05, 3.63) is 29.8 Å². The summed E-state index contributed by atoms with van der Waals surface area (Å²) >= 11 is 2.05. The molecule has 0 atom stereocenters. The molecule has 1 spiro atoms. The van der Waals surface area contributed by atoms with E-state index in [4.69, 9.17) is 5.73 Å². The highest BCUT2D eigenvalue weighted by Crippen LogP contribution is 2.62. The summed E-state index contributed by atoms with van der Waals surface area (Å²) < 4.78 is 0.316. The summed E-state index contributed by atoms with van der Waals surface area (Å²) in [6.07, 6.45) is 11.4. The standard InChI is InChI=1S/C18H27NS/c1-15-8-4-5-9-16(15)20-18(14-19)12-17(13-18)10-6-2-3-7-11-17/h4-5,8-9H,2-3,6-7,10-14,19H2,1H3. The second-order valence-corrected chi connectivity index (χ2v) is 8.53. The van der Waals surface area contributed by atoms with E-state index in [2.05, 4.69) is 43.0 Å². The van der Waals surface area contributed by atoms with Gasteiger partial charge in [0.15, 0.2) is 0 Å². The second kappa shape index (κ2) is 5.73. The van der Waals surface area contributed by atoms with Gasteiger partial charge in [-0.15, -0.1) is 11.8 Å². The van der Waals surface area contributed by atoms with Crippen molar-refractivity contribution in [1.82, 2.24) is 0 Å². The van der Waals surface area contributed by atoms with Crippen LogP contribution in [0.5, 0.6) is 0 Å². The van der Waals surface area contributed by atoms with E-state index in [0.717, 1.165) is 6.54 Å². The fraction of sp³-hybridized carbons (Fsp3) is 0.667. The van der Waals surface area contributed by atoms with Crippen LogP contribution in [0.2, 0.25) is 0 Å². The van der Waals surface area contributed by atoms with Gasteiger partial charge in [-0.05, 0) is 49.7 Å². The van der Waals surface area contributed by atoms with Gasteiger partial charge in [0.25, 0.3) is 0 Å². The fourth-order valence-corrected chi connectivity index (χ4v) is 5.99. The molecule has 1 aromatic carbocycles. The smallest absolute Gasteiger partial charge is 0.0340 e. The summed E-state index contributed by atoms with van der Waals surface area (Å²) in [7, 11) is 0. The summed E-state index contributed by atoms with van der Waals surface area (Å²) in [5.74, 6) is 0. The lowest BCUT2D eigenvalue weighted by Gasteiger charge is -2.56. The minimum absolute atomic E-state index is 0.316. The topological polar surface area (TPSA) is 26.0 Å². The van der Waals surface area contributed by atoms with Crippen LogP contribution in [0, 0.1) is 12.3 Å². The van der Waals surface area contributed by atoms with Crippen molar-refractivity contribution in [1.29, 1.82) is 0 Å². The first-order chi connectivity index (χ1) is 9.67. The Morgan fingerprint density at radius 3 is 2.30 bits per heavy atom. The molecule has 0 aromatic heterocycles. The third-order valence-electron chi connectivity index (χ3n) is 5.35. The fourth-order valence-electron chi connectivity index (χ4n) is 4.31. The first kappa shape index (κ1) is 14.5. The SMILES string of the molecule is Cc1ccccc1SC1(CN)CC2(CCCCCC2)C1. The molecule has 0 saturated heterocycles. The van der Waals surface area contributed by atoms with Gasteiger partial charge < -0.3 is 5.73 Å². The van der Waals surface area contributed by atoms with Crippen LogP contribution >= 0.6 is 11.8 Å². The molecule has 2 heteroatoms. The maximum atomic E-state index is 6.17. The van der Waals surface area contributed by atoms with E-state index in [0.29, 0.717) is 10.2 Å². The van der Waals surface area contributed by atoms with E-state index >= 15 is 0 Å². The minimum Gasteiger partial charge on any atom is -0.329 e. The van der Waals surface area contributed by atoms with Crippen LogP contribution in [0.25, 0.3) is 0 Å². The normalized spacial score (nSPS) is 24.1. The zero-order chi connectivity index (χ0) is 14.1. The van der Waals surface area contributed by atoms with E-state index in [1.165, 1.54) is 61.8 Å². The number of aryl methyl sites for hydroxylation is 1. The molecule has 0 amide bonds. The minimum atomic E-state index is 0.316. The Hall–Kier alpha value is -0.470. The Morgan fingerprint density at radius 1 is 1.05 bits per heavy atom. The zero-order valence-electron chi connectivity index (χ0n) is 12.7. The third kappa shape index (κ3) is 2.78. The number of rotatable bonds is 3. The zero-order valence-corrected chi connectivity index (χ0v) is 13.5. The Labute approximate surface area is 127 Å². The maximum absolute atomic E-state index is 6.17. The number of hydrogen-bond donors (Lipinski definition) is 1. The van der Waals surface area contributed by atoms with Gasteiger partial charge in [0.2, 0.25) is 0 Å². The van der Waals surface area contributed by atoms with Crippen molar-refractivity contribution in [2.75, 3.05) is 6.54 Å². The Kier molecular flexibility index (Phi) is 4.14. The van der Waals surface area contributed by atoms with Gasteiger partial charge in [0.1, 0.15) is 0 Å². The molecule has 2 saturated carbocycles. The van der Waals surface area contributed by atoms with Gasteiger partial charge in [-0.1, -0.05) is 43.9 Å². The number of hydrogen-bond acceptors (Lipinski definition) is 2. The van der Waals surface area contributed by atoms with E-state index in [-0.39, 0.29) is 0 Å². The highest BCUT2D eigenvalue weighted by molar-refractivity contribution is 8.00. The lowest BCUT2D eigenvalue weighted by atomic mass is 9.58. The molecule has 3 rings (SSSR count). The van der Waals surface area contributed by atoms with Gasteiger partial charge in [-0.2, -0.15) is 0 Å². The van der Waals surface area contributed by atoms with Gasteiger partial charge in [0.05, 0.1) is 0 Å². The molecular weight excluding hydrogens is 262 g/mol. The molecule has 110 valence electrons. The van der Waals surface area contributed by atoms with Crippen molar-refractivity contribution in [2.24, 2.45) is 11.1 Å². The second-order valence-electron chi connectivity index (χ2n) is 7.02. The van der Waals surface area contributed by atoms with Crippen LogP contribution in [-0.4, -0.2) is 11.3 Å². The first-order valence-electron chi connectivity index (χ1n) is 8.12. The van der Waals surface area contributed by atoms with Gasteiger partial charge in [0, 0.05) is 16.2 Å². The van der Waals surface area contributed by atoms with Gasteiger partial charge >= 0.3 is 0 Å². The molecule has 0 radical (unpaired) electrons. The van der Waals surface area contributed by atoms with Crippen molar-refractivity contribution >= 4 is 11.8 Å². The molecule has 1 aromatic rings. The first-order valence-corrected chi connectivity index (χ1v) is 8.94. The highest BCUT2D eigenvalue weighted by atomic mass is 32.2. The van der Waals surface area contributed by atoms with E-state index < -0.39 is 0 Å². The molecule has 20 heavy (non-hydrogen) atoms. The molecule has 0 bridgehead atoms. The van der Waals surface area contributed by atoms with E-state index in [1.54, 1.807) is 0 Å². The van der Waals surface area contributed by atoms with E-state index in [1.807, 2.05) is 0 Å². The molecule has 2 fully saturated rings. The summed E-state index contributed by atoms with van der Waals surface area (Å²) in [5, 5.41) is 0. The Morgan fingerprint density at radius 2 is 1.70 bits per heavy atom. The Balaban J connectivity index is 1.70. The van der Waals surface area contributed by atoms with E-state index in [9.17, 15) is 0 Å². The Bertz CT molecular complexity index is 452. The van der Waals surface area contributed by atoms with Crippen molar-refractivity contribution < 1.29 is 0 Å². The lowest BCUT2D eigenvalue weighted by Crippen LogP contribution is -2.53. The van der Waals surface area contributed by atoms with Crippen LogP contribution in [-0.2, 0) is 0 Å². The van der Waals surface area contributed by atoms with Crippen LogP contribution in [0.1, 0.15) is 56.9 Å². The number of nitrogens with two attached hydrogens (primary N) is 1. The molecule has 1 nitrogen and oxygen atoms in total. The third-order valence-corrected chi connectivity index (χ3v) is 6.92. The lowest BCUT2D eigenvalue weighted by molar-refractivity contribution is 0.0659. The largest absolute Gasteiger partial charge is 0.329 e. The van der Waals surface area contributed by atoms with Crippen LogP contribution in [0.4, 0.5) is 0 Å². The average molecular weight is 289 g/mol. The molecule has 0 heterocycles. The molecule has 0 aliphatic heterocycles. The average Bonchev–Trinajstić information content (AvgIpc) is 2.66. The van der Waals surface area contributed by atoms with Crippen molar-refractivity contribution in [2.45, 2.75) is 67.9 Å². The van der Waals surface area contributed by atoms with Crippen LogP contribution in [0.15, 0.2) is 29.2 Å².